The molecule has 0 saturated heterocycles. The molecule has 2 nitrogen and oxygen atoms in total. The second-order valence-corrected chi connectivity index (χ2v) is 3.63. The van der Waals surface area contributed by atoms with E-state index in [1.807, 2.05) is 22.6 Å². The van der Waals surface area contributed by atoms with Crippen LogP contribution in [-0.2, 0) is 9.53 Å². The van der Waals surface area contributed by atoms with E-state index >= 15 is 0 Å². The van der Waals surface area contributed by atoms with Gasteiger partial charge in [-0.1, -0.05) is 22.6 Å². The van der Waals surface area contributed by atoms with Crippen molar-refractivity contribution in [1.29, 1.82) is 0 Å². The topological polar surface area (TPSA) is 26.3 Å². The minimum absolute atomic E-state index is 0.168. The summed E-state index contributed by atoms with van der Waals surface area (Å²) in [4.78, 5) is 10.6. The van der Waals surface area contributed by atoms with Crippen LogP contribution in [0.4, 0.5) is 0 Å². The Balaban J connectivity index is 3.72. The standard InChI is InChI=1S/C5H8ClIO2/c1-3(6)4(7)5(8)9-2/h3-4H,1-2H3/t3-,4+/m0/s1. The number of hydrogen-bond acceptors (Lipinski definition) is 2. The van der Waals surface area contributed by atoms with Gasteiger partial charge >= 0.3 is 5.97 Å². The monoisotopic (exact) mass is 262 g/mol. The smallest absolute Gasteiger partial charge is 0.320 e. The molecule has 0 rings (SSSR count). The van der Waals surface area contributed by atoms with Crippen LogP contribution in [0.5, 0.6) is 0 Å². The lowest BCUT2D eigenvalue weighted by Crippen LogP contribution is -2.23. The Labute approximate surface area is 73.0 Å². The van der Waals surface area contributed by atoms with Gasteiger partial charge in [-0.15, -0.1) is 11.6 Å². The first kappa shape index (κ1) is 9.49. The normalized spacial score (nSPS) is 16.4. The van der Waals surface area contributed by atoms with Crippen molar-refractivity contribution in [3.63, 3.8) is 0 Å². The average molecular weight is 262 g/mol. The SMILES string of the molecule is COC(=O)[C@H](I)[C@H](C)Cl. The summed E-state index contributed by atoms with van der Waals surface area (Å²) in [6.07, 6.45) is 0. The lowest BCUT2D eigenvalue weighted by atomic mass is 10.3. The highest BCUT2D eigenvalue weighted by Gasteiger charge is 2.19. The molecule has 0 saturated carbocycles. The van der Waals surface area contributed by atoms with Crippen molar-refractivity contribution < 1.29 is 9.53 Å². The molecule has 0 aliphatic heterocycles. The number of ether oxygens (including phenoxy) is 1. The number of hydrogen-bond donors (Lipinski definition) is 0. The van der Waals surface area contributed by atoms with Crippen molar-refractivity contribution >= 4 is 40.2 Å². The summed E-state index contributed by atoms with van der Waals surface area (Å²) < 4.78 is 4.20. The van der Waals surface area contributed by atoms with Crippen molar-refractivity contribution in [3.8, 4) is 0 Å². The van der Waals surface area contributed by atoms with E-state index in [1.165, 1.54) is 7.11 Å². The van der Waals surface area contributed by atoms with Gasteiger partial charge in [-0.05, 0) is 6.92 Å². The summed E-state index contributed by atoms with van der Waals surface area (Å²) >= 11 is 7.54. The lowest BCUT2D eigenvalue weighted by molar-refractivity contribution is -0.139. The van der Waals surface area contributed by atoms with E-state index in [1.54, 1.807) is 6.92 Å². The number of halogens is 2. The fourth-order valence-electron chi connectivity index (χ4n) is 0.300. The van der Waals surface area contributed by atoms with Crippen LogP contribution in [0.3, 0.4) is 0 Å². The molecule has 0 bridgehead atoms. The third kappa shape index (κ3) is 3.25. The van der Waals surface area contributed by atoms with Gasteiger partial charge in [0.1, 0.15) is 3.92 Å². The molecule has 0 fully saturated rings. The van der Waals surface area contributed by atoms with E-state index in [0.717, 1.165) is 0 Å². The third-order valence-corrected chi connectivity index (χ3v) is 3.09. The highest BCUT2D eigenvalue weighted by Crippen LogP contribution is 2.12. The Morgan fingerprint density at radius 3 is 2.33 bits per heavy atom. The molecule has 9 heavy (non-hydrogen) atoms. The number of carbonyl (C=O) groups excluding carboxylic acids is 1. The van der Waals surface area contributed by atoms with Crippen LogP contribution >= 0.6 is 34.2 Å². The number of carbonyl (C=O) groups is 1. The quantitative estimate of drug-likeness (QED) is 0.429. The van der Waals surface area contributed by atoms with Crippen molar-refractivity contribution in [1.82, 2.24) is 0 Å². The number of esters is 1. The van der Waals surface area contributed by atoms with Crippen LogP contribution in [0.25, 0.3) is 0 Å². The predicted octanol–water partition coefficient (Wildman–Crippen LogP) is 1.59. The van der Waals surface area contributed by atoms with E-state index in [-0.39, 0.29) is 15.3 Å². The van der Waals surface area contributed by atoms with Crippen molar-refractivity contribution in [2.45, 2.75) is 16.2 Å². The molecule has 0 N–H and O–H groups in total. The number of alkyl halides is 2. The predicted molar refractivity (Wildman–Crippen MR) is 45.1 cm³/mol. The van der Waals surface area contributed by atoms with Crippen molar-refractivity contribution in [2.75, 3.05) is 7.11 Å². The zero-order valence-electron chi connectivity index (χ0n) is 5.23. The van der Waals surface area contributed by atoms with Crippen LogP contribution in [-0.4, -0.2) is 22.4 Å². The molecule has 0 aromatic heterocycles. The first-order chi connectivity index (χ1) is 4.09. The zero-order valence-corrected chi connectivity index (χ0v) is 8.14. The maximum Gasteiger partial charge on any atom is 0.320 e. The molecule has 0 aliphatic rings. The molecule has 0 aromatic carbocycles. The van der Waals surface area contributed by atoms with E-state index in [0.29, 0.717) is 0 Å². The van der Waals surface area contributed by atoms with E-state index in [2.05, 4.69) is 4.74 Å². The van der Waals surface area contributed by atoms with Crippen LogP contribution in [0.15, 0.2) is 0 Å². The fourth-order valence-corrected chi connectivity index (χ4v) is 0.657. The minimum Gasteiger partial charge on any atom is -0.468 e. The van der Waals surface area contributed by atoms with Gasteiger partial charge in [0, 0.05) is 0 Å². The molecule has 0 spiro atoms. The van der Waals surface area contributed by atoms with Gasteiger partial charge < -0.3 is 4.74 Å². The van der Waals surface area contributed by atoms with Crippen LogP contribution in [0.1, 0.15) is 6.92 Å². The molecular weight excluding hydrogens is 254 g/mol. The molecule has 2 atom stereocenters. The van der Waals surface area contributed by atoms with E-state index < -0.39 is 0 Å². The maximum atomic E-state index is 10.6. The first-order valence-electron chi connectivity index (χ1n) is 2.45. The molecule has 0 unspecified atom stereocenters. The Morgan fingerprint density at radius 2 is 2.22 bits per heavy atom. The van der Waals surface area contributed by atoms with Crippen LogP contribution in [0.2, 0.25) is 0 Å². The summed E-state index contributed by atoms with van der Waals surface area (Å²) in [6, 6.07) is 0. The molecule has 4 heteroatoms. The van der Waals surface area contributed by atoms with E-state index in [4.69, 9.17) is 11.6 Å². The van der Waals surface area contributed by atoms with Crippen LogP contribution < -0.4 is 0 Å². The summed E-state index contributed by atoms with van der Waals surface area (Å²) in [5.41, 5.74) is 0. The average Bonchev–Trinajstić information content (AvgIpc) is 1.84. The van der Waals surface area contributed by atoms with Gasteiger partial charge in [0.15, 0.2) is 0 Å². The minimum atomic E-state index is -0.266. The Hall–Kier alpha value is 0.490. The second-order valence-electron chi connectivity index (χ2n) is 1.60. The van der Waals surface area contributed by atoms with Gasteiger partial charge in [-0.2, -0.15) is 0 Å². The molecule has 0 radical (unpaired) electrons. The summed E-state index contributed by atoms with van der Waals surface area (Å²) in [7, 11) is 1.35. The molecule has 0 aliphatic carbocycles. The highest BCUT2D eigenvalue weighted by atomic mass is 127. The van der Waals surface area contributed by atoms with Gasteiger partial charge in [-0.3, -0.25) is 4.79 Å². The molecular formula is C5H8ClIO2. The first-order valence-corrected chi connectivity index (χ1v) is 4.13. The summed E-state index contributed by atoms with van der Waals surface area (Å²) in [6.45, 7) is 1.76. The summed E-state index contributed by atoms with van der Waals surface area (Å²) in [5.74, 6) is -0.266. The highest BCUT2D eigenvalue weighted by molar-refractivity contribution is 14.1. The zero-order chi connectivity index (χ0) is 7.44. The van der Waals surface area contributed by atoms with Gasteiger partial charge in [0.2, 0.25) is 0 Å². The Kier molecular flexibility index (Phi) is 4.56. The van der Waals surface area contributed by atoms with Crippen LogP contribution in [0, 0.1) is 0 Å². The van der Waals surface area contributed by atoms with Gasteiger partial charge in [0.05, 0.1) is 12.5 Å². The summed E-state index contributed by atoms with van der Waals surface area (Å²) in [5, 5.41) is -0.168. The fraction of sp³-hybridized carbons (Fsp3) is 0.800. The molecule has 0 aromatic rings. The largest absolute Gasteiger partial charge is 0.468 e. The van der Waals surface area contributed by atoms with Crippen molar-refractivity contribution in [2.24, 2.45) is 0 Å². The maximum absolute atomic E-state index is 10.6. The molecule has 0 amide bonds. The number of rotatable bonds is 2. The lowest BCUT2D eigenvalue weighted by Gasteiger charge is -2.07. The Morgan fingerprint density at radius 1 is 1.78 bits per heavy atom. The molecule has 0 heterocycles. The van der Waals surface area contributed by atoms with Crippen molar-refractivity contribution in [3.05, 3.63) is 0 Å². The van der Waals surface area contributed by atoms with Gasteiger partial charge in [-0.25, -0.2) is 0 Å². The number of methoxy groups -OCH3 is 1. The Bertz CT molecular complexity index is 105. The van der Waals surface area contributed by atoms with E-state index in [9.17, 15) is 4.79 Å². The van der Waals surface area contributed by atoms with Gasteiger partial charge in [0.25, 0.3) is 0 Å². The second kappa shape index (κ2) is 4.33. The molecule has 54 valence electrons. The third-order valence-electron chi connectivity index (χ3n) is 0.830.